The van der Waals surface area contributed by atoms with Crippen LogP contribution in [0.3, 0.4) is 0 Å². The molecule has 0 aromatic heterocycles. The molecule has 1 aliphatic heterocycles. The van der Waals surface area contributed by atoms with Crippen molar-refractivity contribution in [1.29, 1.82) is 0 Å². The number of rotatable bonds is 2. The van der Waals surface area contributed by atoms with Crippen LogP contribution in [0.4, 0.5) is 0 Å². The van der Waals surface area contributed by atoms with Crippen molar-refractivity contribution in [3.8, 4) is 0 Å². The summed E-state index contributed by atoms with van der Waals surface area (Å²) >= 11 is 0. The number of nitrogens with two attached hydrogens (primary N) is 1. The van der Waals surface area contributed by atoms with Crippen LogP contribution in [0.2, 0.25) is 0 Å². The molecule has 0 saturated carbocycles. The normalized spacial score (nSPS) is 19.5. The van der Waals surface area contributed by atoms with Gasteiger partial charge in [-0.05, 0) is 6.08 Å². The molecule has 1 atom stereocenters. The number of carboxylic acid groups (broad SMARTS) is 1. The highest BCUT2D eigenvalue weighted by Crippen LogP contribution is 2.11. The molecule has 56 valence electrons. The Hall–Kier alpha value is -1.03. The first kappa shape index (κ1) is 7.08. The van der Waals surface area contributed by atoms with E-state index in [4.69, 9.17) is 15.6 Å². The maximum atomic E-state index is 10.2. The highest BCUT2D eigenvalue weighted by Gasteiger charge is 2.20. The zero-order chi connectivity index (χ0) is 7.56. The van der Waals surface area contributed by atoms with E-state index in [1.54, 1.807) is 6.08 Å². The molecule has 3 N–H and O–H groups in total. The first-order chi connectivity index (χ1) is 4.72. The molecule has 1 heterocycles. The lowest BCUT2D eigenvalue weighted by atomic mass is 10.2. The van der Waals surface area contributed by atoms with Crippen molar-refractivity contribution in [2.45, 2.75) is 12.5 Å². The summed E-state index contributed by atoms with van der Waals surface area (Å²) in [4.78, 5) is 10.2. The predicted molar refractivity (Wildman–Crippen MR) is 34.3 cm³/mol. The summed E-state index contributed by atoms with van der Waals surface area (Å²) in [5.41, 5.74) is 5.23. The van der Waals surface area contributed by atoms with E-state index in [2.05, 4.69) is 0 Å². The minimum atomic E-state index is -1.05. The Kier molecular flexibility index (Phi) is 1.91. The lowest BCUT2D eigenvalue weighted by molar-refractivity contribution is -0.138. The molecule has 4 heteroatoms. The third-order valence-electron chi connectivity index (χ3n) is 1.30. The van der Waals surface area contributed by atoms with Crippen LogP contribution in [0.25, 0.3) is 0 Å². The number of hydrogen-bond donors (Lipinski definition) is 2. The highest BCUT2D eigenvalue weighted by molar-refractivity contribution is 5.76. The summed E-state index contributed by atoms with van der Waals surface area (Å²) < 4.78 is 4.93. The summed E-state index contributed by atoms with van der Waals surface area (Å²) in [6, 6.07) is -0.984. The van der Waals surface area contributed by atoms with Gasteiger partial charge in [0.15, 0.2) is 6.04 Å². The van der Waals surface area contributed by atoms with Crippen LogP contribution in [-0.4, -0.2) is 23.7 Å². The molecule has 0 spiro atoms. The lowest BCUT2D eigenvalue weighted by Crippen LogP contribution is -2.32. The van der Waals surface area contributed by atoms with Crippen molar-refractivity contribution in [2.24, 2.45) is 5.73 Å². The topological polar surface area (TPSA) is 72.6 Å². The van der Waals surface area contributed by atoms with Crippen LogP contribution in [-0.2, 0) is 9.53 Å². The van der Waals surface area contributed by atoms with Gasteiger partial charge in [0.05, 0.1) is 6.61 Å². The number of carboxylic acids is 1. The Labute approximate surface area is 58.3 Å². The SMILES string of the molecule is NC(C(=O)O)C1=CCCO1. The molecule has 10 heavy (non-hydrogen) atoms. The monoisotopic (exact) mass is 143 g/mol. The smallest absolute Gasteiger partial charge is 0.328 e. The molecular formula is C6H9NO3. The van der Waals surface area contributed by atoms with E-state index in [0.717, 1.165) is 6.42 Å². The van der Waals surface area contributed by atoms with Gasteiger partial charge in [0, 0.05) is 6.42 Å². The van der Waals surface area contributed by atoms with Gasteiger partial charge >= 0.3 is 5.97 Å². The summed E-state index contributed by atoms with van der Waals surface area (Å²) in [6.07, 6.45) is 2.47. The number of carbonyl (C=O) groups is 1. The zero-order valence-corrected chi connectivity index (χ0v) is 5.41. The van der Waals surface area contributed by atoms with Gasteiger partial charge in [0.1, 0.15) is 5.76 Å². The van der Waals surface area contributed by atoms with Gasteiger partial charge in [-0.15, -0.1) is 0 Å². The number of aliphatic carboxylic acids is 1. The third kappa shape index (κ3) is 1.27. The Morgan fingerprint density at radius 1 is 1.90 bits per heavy atom. The molecule has 0 radical (unpaired) electrons. The van der Waals surface area contributed by atoms with Crippen LogP contribution in [0.5, 0.6) is 0 Å². The molecule has 1 rings (SSSR count). The summed E-state index contributed by atoms with van der Waals surface area (Å²) in [6.45, 7) is 0.552. The Morgan fingerprint density at radius 3 is 3.00 bits per heavy atom. The maximum absolute atomic E-state index is 10.2. The van der Waals surface area contributed by atoms with E-state index in [-0.39, 0.29) is 0 Å². The molecular weight excluding hydrogens is 134 g/mol. The second-order valence-electron chi connectivity index (χ2n) is 2.06. The van der Waals surface area contributed by atoms with Crippen molar-refractivity contribution in [3.63, 3.8) is 0 Å². The minimum Gasteiger partial charge on any atom is -0.496 e. The van der Waals surface area contributed by atoms with E-state index in [1.807, 2.05) is 0 Å². The van der Waals surface area contributed by atoms with E-state index >= 15 is 0 Å². The van der Waals surface area contributed by atoms with Gasteiger partial charge in [-0.2, -0.15) is 0 Å². The van der Waals surface area contributed by atoms with E-state index in [9.17, 15) is 4.79 Å². The van der Waals surface area contributed by atoms with E-state index in [1.165, 1.54) is 0 Å². The second kappa shape index (κ2) is 2.70. The molecule has 4 nitrogen and oxygen atoms in total. The average Bonchev–Trinajstić information content (AvgIpc) is 2.36. The van der Waals surface area contributed by atoms with Gasteiger partial charge < -0.3 is 15.6 Å². The maximum Gasteiger partial charge on any atom is 0.328 e. The van der Waals surface area contributed by atoms with E-state index in [0.29, 0.717) is 12.4 Å². The minimum absolute atomic E-state index is 0.382. The van der Waals surface area contributed by atoms with Crippen LogP contribution < -0.4 is 5.73 Å². The molecule has 0 amide bonds. The van der Waals surface area contributed by atoms with Crippen LogP contribution in [0.15, 0.2) is 11.8 Å². The first-order valence-electron chi connectivity index (χ1n) is 3.03. The summed E-state index contributed by atoms with van der Waals surface area (Å²) in [5.74, 6) is -0.666. The molecule has 1 unspecified atom stereocenters. The van der Waals surface area contributed by atoms with Crippen molar-refractivity contribution in [3.05, 3.63) is 11.8 Å². The van der Waals surface area contributed by atoms with Gasteiger partial charge in [-0.25, -0.2) is 0 Å². The van der Waals surface area contributed by atoms with Crippen molar-refractivity contribution < 1.29 is 14.6 Å². The Morgan fingerprint density at radius 2 is 2.60 bits per heavy atom. The number of hydrogen-bond acceptors (Lipinski definition) is 3. The van der Waals surface area contributed by atoms with Crippen LogP contribution >= 0.6 is 0 Å². The molecule has 0 aromatic carbocycles. The molecule has 0 aliphatic carbocycles. The lowest BCUT2D eigenvalue weighted by Gasteiger charge is -2.06. The Balaban J connectivity index is 2.55. The van der Waals surface area contributed by atoms with Crippen molar-refractivity contribution >= 4 is 5.97 Å². The summed E-state index contributed by atoms with van der Waals surface area (Å²) in [5, 5.41) is 8.40. The fourth-order valence-electron chi connectivity index (χ4n) is 0.775. The fourth-order valence-corrected chi connectivity index (χ4v) is 0.775. The van der Waals surface area contributed by atoms with Crippen molar-refractivity contribution in [1.82, 2.24) is 0 Å². The molecule has 0 aromatic rings. The van der Waals surface area contributed by atoms with Gasteiger partial charge in [0.2, 0.25) is 0 Å². The third-order valence-corrected chi connectivity index (χ3v) is 1.30. The molecule has 0 bridgehead atoms. The van der Waals surface area contributed by atoms with E-state index < -0.39 is 12.0 Å². The second-order valence-corrected chi connectivity index (χ2v) is 2.06. The van der Waals surface area contributed by atoms with Gasteiger partial charge in [0.25, 0.3) is 0 Å². The standard InChI is InChI=1S/C6H9NO3/c7-5(6(8)9)4-2-1-3-10-4/h2,5H,1,3,7H2,(H,8,9). The number of ether oxygens (including phenoxy) is 1. The quantitative estimate of drug-likeness (QED) is 0.556. The van der Waals surface area contributed by atoms with Crippen LogP contribution in [0.1, 0.15) is 6.42 Å². The molecule has 1 aliphatic rings. The predicted octanol–water partition coefficient (Wildman–Crippen LogP) is -0.298. The van der Waals surface area contributed by atoms with Crippen molar-refractivity contribution in [2.75, 3.05) is 6.61 Å². The van der Waals surface area contributed by atoms with Gasteiger partial charge in [-0.3, -0.25) is 4.79 Å². The first-order valence-corrected chi connectivity index (χ1v) is 3.03. The van der Waals surface area contributed by atoms with Crippen LogP contribution in [0, 0.1) is 0 Å². The Bertz CT molecular complexity index is 176. The highest BCUT2D eigenvalue weighted by atomic mass is 16.5. The fraction of sp³-hybridized carbons (Fsp3) is 0.500. The van der Waals surface area contributed by atoms with Gasteiger partial charge in [-0.1, -0.05) is 0 Å². The summed E-state index contributed by atoms with van der Waals surface area (Å²) in [7, 11) is 0. The zero-order valence-electron chi connectivity index (χ0n) is 5.41. The largest absolute Gasteiger partial charge is 0.496 e. The molecule has 0 fully saturated rings. The average molecular weight is 143 g/mol. The molecule has 0 saturated heterocycles.